The standard InChI is InChI=1S/C7H14BrNO/c1-5(2)6(3)9-7(10)4-8/h5-6H,4H2,1-3H3,(H,9,10). The summed E-state index contributed by atoms with van der Waals surface area (Å²) in [5, 5.41) is 3.24. The number of halogens is 1. The lowest BCUT2D eigenvalue weighted by Gasteiger charge is -2.16. The Kier molecular flexibility index (Phi) is 4.69. The molecule has 0 bridgehead atoms. The van der Waals surface area contributed by atoms with E-state index in [1.165, 1.54) is 0 Å². The minimum absolute atomic E-state index is 0.0567. The molecule has 3 heteroatoms. The monoisotopic (exact) mass is 207 g/mol. The molecule has 0 saturated carbocycles. The number of alkyl halides is 1. The molecule has 1 atom stereocenters. The fourth-order valence-electron chi connectivity index (χ4n) is 0.459. The van der Waals surface area contributed by atoms with E-state index in [1.807, 2.05) is 6.92 Å². The molecule has 0 rings (SSSR count). The van der Waals surface area contributed by atoms with Crippen LogP contribution in [0.2, 0.25) is 0 Å². The molecule has 0 aliphatic rings. The zero-order valence-electron chi connectivity index (χ0n) is 6.65. The number of nitrogens with one attached hydrogen (secondary N) is 1. The second kappa shape index (κ2) is 4.72. The Morgan fingerprint density at radius 3 is 2.30 bits per heavy atom. The van der Waals surface area contributed by atoms with Gasteiger partial charge in [-0.25, -0.2) is 0 Å². The van der Waals surface area contributed by atoms with Gasteiger partial charge in [-0.05, 0) is 12.8 Å². The van der Waals surface area contributed by atoms with Gasteiger partial charge in [0.1, 0.15) is 0 Å². The van der Waals surface area contributed by atoms with Crippen LogP contribution >= 0.6 is 15.9 Å². The normalized spacial score (nSPS) is 13.3. The van der Waals surface area contributed by atoms with Crippen molar-refractivity contribution >= 4 is 21.8 Å². The lowest BCUT2D eigenvalue weighted by atomic mass is 10.1. The summed E-state index contributed by atoms with van der Waals surface area (Å²) in [6.07, 6.45) is 0. The first kappa shape index (κ1) is 9.95. The highest BCUT2D eigenvalue weighted by atomic mass is 79.9. The molecule has 0 aliphatic carbocycles. The zero-order chi connectivity index (χ0) is 8.15. The first-order chi connectivity index (χ1) is 4.57. The second-order valence-corrected chi connectivity index (χ2v) is 3.29. The largest absolute Gasteiger partial charge is 0.353 e. The summed E-state index contributed by atoms with van der Waals surface area (Å²) in [4.78, 5) is 10.8. The van der Waals surface area contributed by atoms with Crippen LogP contribution in [0.3, 0.4) is 0 Å². The molecular weight excluding hydrogens is 194 g/mol. The highest BCUT2D eigenvalue weighted by Crippen LogP contribution is 1.99. The molecule has 1 unspecified atom stereocenters. The highest BCUT2D eigenvalue weighted by molar-refractivity contribution is 9.09. The topological polar surface area (TPSA) is 29.1 Å². The first-order valence-corrected chi connectivity index (χ1v) is 4.55. The number of carbonyl (C=O) groups is 1. The second-order valence-electron chi connectivity index (χ2n) is 2.73. The third-order valence-corrected chi connectivity index (χ3v) is 2.02. The van der Waals surface area contributed by atoms with E-state index in [1.54, 1.807) is 0 Å². The van der Waals surface area contributed by atoms with Crippen molar-refractivity contribution in [1.82, 2.24) is 5.32 Å². The summed E-state index contributed by atoms with van der Waals surface area (Å²) in [5.74, 6) is 0.559. The summed E-state index contributed by atoms with van der Waals surface area (Å²) in [7, 11) is 0. The predicted molar refractivity (Wildman–Crippen MR) is 46.2 cm³/mol. The van der Waals surface area contributed by atoms with Gasteiger partial charge in [-0.1, -0.05) is 29.8 Å². The van der Waals surface area contributed by atoms with E-state index in [-0.39, 0.29) is 11.9 Å². The third-order valence-electron chi connectivity index (χ3n) is 1.51. The minimum Gasteiger partial charge on any atom is -0.353 e. The van der Waals surface area contributed by atoms with Gasteiger partial charge in [-0.15, -0.1) is 0 Å². The predicted octanol–water partition coefficient (Wildman–Crippen LogP) is 1.54. The van der Waals surface area contributed by atoms with Gasteiger partial charge in [0.2, 0.25) is 5.91 Å². The van der Waals surface area contributed by atoms with Gasteiger partial charge in [0.15, 0.2) is 0 Å². The van der Waals surface area contributed by atoms with Crippen LogP contribution in [0, 0.1) is 5.92 Å². The summed E-state index contributed by atoms with van der Waals surface area (Å²) in [6, 6.07) is 0.269. The van der Waals surface area contributed by atoms with Crippen LogP contribution in [0.5, 0.6) is 0 Å². The van der Waals surface area contributed by atoms with E-state index >= 15 is 0 Å². The molecular formula is C7H14BrNO. The van der Waals surface area contributed by atoms with Crippen molar-refractivity contribution in [3.05, 3.63) is 0 Å². The van der Waals surface area contributed by atoms with E-state index in [2.05, 4.69) is 35.1 Å². The molecule has 0 aromatic carbocycles. The molecule has 0 radical (unpaired) electrons. The van der Waals surface area contributed by atoms with E-state index in [0.29, 0.717) is 11.2 Å². The molecule has 1 amide bonds. The van der Waals surface area contributed by atoms with Crippen molar-refractivity contribution in [2.24, 2.45) is 5.92 Å². The Morgan fingerprint density at radius 2 is 2.00 bits per heavy atom. The highest BCUT2D eigenvalue weighted by Gasteiger charge is 2.08. The molecule has 0 heterocycles. The molecule has 0 saturated heterocycles. The van der Waals surface area contributed by atoms with Gasteiger partial charge in [0.05, 0.1) is 5.33 Å². The van der Waals surface area contributed by atoms with E-state index in [9.17, 15) is 4.79 Å². The quantitative estimate of drug-likeness (QED) is 0.700. The van der Waals surface area contributed by atoms with Gasteiger partial charge < -0.3 is 5.32 Å². The Labute approximate surface area is 70.5 Å². The fraction of sp³-hybridized carbons (Fsp3) is 0.857. The number of carbonyl (C=O) groups excluding carboxylic acids is 1. The molecule has 0 aliphatic heterocycles. The van der Waals surface area contributed by atoms with Crippen molar-refractivity contribution in [1.29, 1.82) is 0 Å². The van der Waals surface area contributed by atoms with Crippen molar-refractivity contribution < 1.29 is 4.79 Å². The number of hydrogen-bond donors (Lipinski definition) is 1. The van der Waals surface area contributed by atoms with E-state index < -0.39 is 0 Å². The summed E-state index contributed by atoms with van der Waals surface area (Å²) in [5.41, 5.74) is 0. The number of rotatable bonds is 3. The summed E-state index contributed by atoms with van der Waals surface area (Å²) in [6.45, 7) is 6.17. The molecule has 0 aromatic rings. The average molecular weight is 208 g/mol. The Morgan fingerprint density at radius 1 is 1.50 bits per heavy atom. The van der Waals surface area contributed by atoms with Gasteiger partial charge in [-0.3, -0.25) is 4.79 Å². The minimum atomic E-state index is 0.0567. The molecule has 60 valence electrons. The molecule has 10 heavy (non-hydrogen) atoms. The Hall–Kier alpha value is -0.0500. The van der Waals surface area contributed by atoms with Gasteiger partial charge >= 0.3 is 0 Å². The maximum Gasteiger partial charge on any atom is 0.230 e. The van der Waals surface area contributed by atoms with E-state index in [0.717, 1.165) is 0 Å². The summed E-state index contributed by atoms with van der Waals surface area (Å²) < 4.78 is 0. The van der Waals surface area contributed by atoms with Crippen LogP contribution in [0.4, 0.5) is 0 Å². The smallest absolute Gasteiger partial charge is 0.230 e. The molecule has 2 nitrogen and oxygen atoms in total. The first-order valence-electron chi connectivity index (χ1n) is 3.43. The Bertz CT molecular complexity index is 114. The lowest BCUT2D eigenvalue weighted by molar-refractivity contribution is -0.119. The molecule has 0 spiro atoms. The summed E-state index contributed by atoms with van der Waals surface area (Å²) >= 11 is 3.08. The lowest BCUT2D eigenvalue weighted by Crippen LogP contribution is -2.36. The maximum absolute atomic E-state index is 10.8. The average Bonchev–Trinajstić information content (AvgIpc) is 1.87. The third kappa shape index (κ3) is 3.88. The van der Waals surface area contributed by atoms with Crippen LogP contribution < -0.4 is 5.32 Å². The molecule has 0 fully saturated rings. The SMILES string of the molecule is CC(C)C(C)NC(=O)CBr. The van der Waals surface area contributed by atoms with Gasteiger partial charge in [0, 0.05) is 6.04 Å². The van der Waals surface area contributed by atoms with Crippen molar-refractivity contribution in [2.45, 2.75) is 26.8 Å². The van der Waals surface area contributed by atoms with Crippen LogP contribution in [-0.2, 0) is 4.79 Å². The maximum atomic E-state index is 10.8. The van der Waals surface area contributed by atoms with Crippen molar-refractivity contribution in [2.75, 3.05) is 5.33 Å². The molecule has 1 N–H and O–H groups in total. The number of hydrogen-bond acceptors (Lipinski definition) is 1. The van der Waals surface area contributed by atoms with Crippen LogP contribution in [0.15, 0.2) is 0 Å². The zero-order valence-corrected chi connectivity index (χ0v) is 8.23. The van der Waals surface area contributed by atoms with Crippen LogP contribution in [0.1, 0.15) is 20.8 Å². The van der Waals surface area contributed by atoms with Gasteiger partial charge in [0.25, 0.3) is 0 Å². The van der Waals surface area contributed by atoms with Crippen LogP contribution in [0.25, 0.3) is 0 Å². The van der Waals surface area contributed by atoms with Crippen LogP contribution in [-0.4, -0.2) is 17.3 Å². The fourth-order valence-corrected chi connectivity index (χ4v) is 0.621. The van der Waals surface area contributed by atoms with Gasteiger partial charge in [-0.2, -0.15) is 0 Å². The Balaban J connectivity index is 3.57. The van der Waals surface area contributed by atoms with Crippen molar-refractivity contribution in [3.63, 3.8) is 0 Å². The van der Waals surface area contributed by atoms with E-state index in [4.69, 9.17) is 0 Å². The van der Waals surface area contributed by atoms with Crippen molar-refractivity contribution in [3.8, 4) is 0 Å². The molecule has 0 aromatic heterocycles. The number of amides is 1.